The van der Waals surface area contributed by atoms with Crippen molar-refractivity contribution in [3.8, 4) is 33.6 Å². The quantitative estimate of drug-likeness (QED) is 0.165. The lowest BCUT2D eigenvalue weighted by Gasteiger charge is -2.17. The first-order chi connectivity index (χ1) is 26.3. The van der Waals surface area contributed by atoms with Crippen molar-refractivity contribution in [1.82, 2.24) is 9.13 Å². The molecule has 1 aliphatic rings. The largest absolute Gasteiger partial charge is 0.310 e. The van der Waals surface area contributed by atoms with Crippen LogP contribution in [0.5, 0.6) is 0 Å². The van der Waals surface area contributed by atoms with Crippen molar-refractivity contribution >= 4 is 49.3 Å². The smallest absolute Gasteiger partial charge is 0.189 e. The van der Waals surface area contributed by atoms with E-state index in [0.717, 1.165) is 39.1 Å². The molecule has 1 aliphatic carbocycles. The van der Waals surface area contributed by atoms with E-state index in [0.29, 0.717) is 5.69 Å². The van der Waals surface area contributed by atoms with Crippen LogP contribution in [0.4, 0.5) is 5.69 Å². The maximum atomic E-state index is 8.18. The van der Waals surface area contributed by atoms with Crippen LogP contribution in [-0.2, 0) is 0 Å². The molecule has 8 aromatic carbocycles. The normalized spacial score (nSPS) is 13.5. The van der Waals surface area contributed by atoms with E-state index in [1.807, 2.05) is 12.1 Å². The highest BCUT2D eigenvalue weighted by Crippen LogP contribution is 2.53. The van der Waals surface area contributed by atoms with Gasteiger partial charge in [-0.05, 0) is 81.9 Å². The van der Waals surface area contributed by atoms with Gasteiger partial charge in [-0.3, -0.25) is 0 Å². The molecule has 53 heavy (non-hydrogen) atoms. The lowest BCUT2D eigenvalue weighted by molar-refractivity contribution is 1.02. The zero-order valence-corrected chi connectivity index (χ0v) is 28.7. The van der Waals surface area contributed by atoms with Crippen molar-refractivity contribution < 1.29 is 0 Å². The summed E-state index contributed by atoms with van der Waals surface area (Å²) in [6.07, 6.45) is 0. The second-order valence-electron chi connectivity index (χ2n) is 13.9. The molecule has 0 spiro atoms. The van der Waals surface area contributed by atoms with E-state index >= 15 is 0 Å². The average molecular weight is 674 g/mol. The van der Waals surface area contributed by atoms with Gasteiger partial charge >= 0.3 is 0 Å². The first-order valence-corrected chi connectivity index (χ1v) is 18.1. The van der Waals surface area contributed by atoms with Crippen LogP contribution in [-0.4, -0.2) is 9.13 Å². The Bertz CT molecular complexity index is 3080. The van der Waals surface area contributed by atoms with Gasteiger partial charge in [-0.25, -0.2) is 4.85 Å². The molecule has 0 N–H and O–H groups in total. The molecule has 1 unspecified atom stereocenters. The van der Waals surface area contributed by atoms with Crippen LogP contribution in [0.25, 0.3) is 82.1 Å². The Morgan fingerprint density at radius 2 is 1.06 bits per heavy atom. The number of para-hydroxylation sites is 4. The predicted octanol–water partition coefficient (Wildman–Crippen LogP) is 13.3. The molecule has 0 amide bonds. The summed E-state index contributed by atoms with van der Waals surface area (Å²) in [5.74, 6) is 0.178. The van der Waals surface area contributed by atoms with Crippen LogP contribution < -0.4 is 0 Å². The molecule has 246 valence electrons. The Morgan fingerprint density at radius 1 is 0.453 bits per heavy atom. The molecule has 3 heteroatoms. The number of benzene rings is 8. The molecular formula is C50H31N3. The fraction of sp³-hybridized carbons (Fsp3) is 0.0200. The van der Waals surface area contributed by atoms with Gasteiger partial charge in [-0.15, -0.1) is 0 Å². The van der Waals surface area contributed by atoms with Crippen LogP contribution in [0.3, 0.4) is 0 Å². The number of fused-ring (bicyclic) bond motifs is 10. The van der Waals surface area contributed by atoms with Gasteiger partial charge in [0.2, 0.25) is 0 Å². The zero-order chi connectivity index (χ0) is 35.0. The Balaban J connectivity index is 1.18. The highest BCUT2D eigenvalue weighted by molar-refractivity contribution is 6.18. The highest BCUT2D eigenvalue weighted by atomic mass is 15.0. The van der Waals surface area contributed by atoms with Gasteiger partial charge in [-0.2, -0.15) is 0 Å². The topological polar surface area (TPSA) is 14.2 Å². The molecule has 3 nitrogen and oxygen atoms in total. The number of rotatable bonds is 4. The summed E-state index contributed by atoms with van der Waals surface area (Å²) in [6, 6.07) is 65.4. The van der Waals surface area contributed by atoms with Crippen molar-refractivity contribution in [2.75, 3.05) is 0 Å². The third kappa shape index (κ3) is 4.27. The van der Waals surface area contributed by atoms with E-state index in [2.05, 4.69) is 184 Å². The Hall–Kier alpha value is -7.15. The number of hydrogen-bond acceptors (Lipinski definition) is 0. The van der Waals surface area contributed by atoms with Gasteiger partial charge in [0.15, 0.2) is 5.69 Å². The third-order valence-corrected chi connectivity index (χ3v) is 11.2. The predicted molar refractivity (Wildman–Crippen MR) is 220 cm³/mol. The van der Waals surface area contributed by atoms with E-state index in [9.17, 15) is 0 Å². The fourth-order valence-corrected chi connectivity index (χ4v) is 9.07. The fourth-order valence-electron chi connectivity index (χ4n) is 9.07. The standard InChI is InChI=1S/C50H31N3/c1-51-34-29-33(30-35(31-34)52-44-24-12-8-18-37(44)38-19-9-13-25-45(38)52)36-17-7-11-23-43(36)53-46-26-14-10-22-41(46)50-47(53)28-27-42-48(32-15-3-2-4-16-32)39-20-5-6-21-40(39)49(42)50/h2-31,48H. The molecule has 0 fully saturated rings. The van der Waals surface area contributed by atoms with Crippen LogP contribution in [0.1, 0.15) is 22.6 Å². The van der Waals surface area contributed by atoms with Crippen LogP contribution >= 0.6 is 0 Å². The summed E-state index contributed by atoms with van der Waals surface area (Å²) in [4.78, 5) is 4.00. The van der Waals surface area contributed by atoms with E-state index in [1.54, 1.807) is 0 Å². The molecule has 1 atom stereocenters. The van der Waals surface area contributed by atoms with Crippen LogP contribution in [0, 0.1) is 6.57 Å². The van der Waals surface area contributed by atoms with Crippen molar-refractivity contribution in [1.29, 1.82) is 0 Å². The number of aromatic nitrogens is 2. The molecule has 0 bridgehead atoms. The number of nitrogens with zero attached hydrogens (tertiary/aromatic N) is 3. The van der Waals surface area contributed by atoms with Gasteiger partial charge in [0.1, 0.15) is 0 Å². The highest BCUT2D eigenvalue weighted by Gasteiger charge is 2.33. The zero-order valence-electron chi connectivity index (χ0n) is 28.7. The minimum Gasteiger partial charge on any atom is -0.310 e. The van der Waals surface area contributed by atoms with Gasteiger partial charge in [0.25, 0.3) is 0 Å². The van der Waals surface area contributed by atoms with Crippen LogP contribution in [0.15, 0.2) is 182 Å². The molecule has 11 rings (SSSR count). The molecule has 10 aromatic rings. The first-order valence-electron chi connectivity index (χ1n) is 18.1. The SMILES string of the molecule is [C-]#[N+]c1cc(-c2ccccc2-n2c3ccccc3c3c4c(ccc32)C(c2ccccc2)c2ccccc2-4)cc(-n2c3ccccc3c3ccccc32)c1. The molecule has 2 aromatic heterocycles. The summed E-state index contributed by atoms with van der Waals surface area (Å²) in [5, 5.41) is 4.91. The second-order valence-corrected chi connectivity index (χ2v) is 13.9. The molecule has 0 saturated heterocycles. The summed E-state index contributed by atoms with van der Waals surface area (Å²) >= 11 is 0. The Kier molecular flexibility index (Phi) is 6.38. The van der Waals surface area contributed by atoms with Crippen molar-refractivity contribution in [3.05, 3.63) is 210 Å². The van der Waals surface area contributed by atoms with Crippen LogP contribution in [0.2, 0.25) is 0 Å². The molecule has 0 saturated carbocycles. The van der Waals surface area contributed by atoms with Gasteiger partial charge in [0, 0.05) is 38.7 Å². The lowest BCUT2D eigenvalue weighted by Crippen LogP contribution is -2.00. The third-order valence-electron chi connectivity index (χ3n) is 11.2. The summed E-state index contributed by atoms with van der Waals surface area (Å²) in [6.45, 7) is 8.18. The molecular weight excluding hydrogens is 643 g/mol. The van der Waals surface area contributed by atoms with Crippen molar-refractivity contribution in [3.63, 3.8) is 0 Å². The van der Waals surface area contributed by atoms with Gasteiger partial charge in [0.05, 0.1) is 34.3 Å². The minimum atomic E-state index is 0.178. The monoisotopic (exact) mass is 673 g/mol. The van der Waals surface area contributed by atoms with Crippen molar-refractivity contribution in [2.45, 2.75) is 5.92 Å². The van der Waals surface area contributed by atoms with Crippen molar-refractivity contribution in [2.24, 2.45) is 0 Å². The van der Waals surface area contributed by atoms with E-state index in [4.69, 9.17) is 6.57 Å². The Labute approximate surface area is 307 Å². The molecule has 2 heterocycles. The number of hydrogen-bond donors (Lipinski definition) is 0. The summed E-state index contributed by atoms with van der Waals surface area (Å²) < 4.78 is 4.74. The first kappa shape index (κ1) is 29.6. The maximum Gasteiger partial charge on any atom is 0.189 e. The second kappa shape index (κ2) is 11.4. The minimum absolute atomic E-state index is 0.178. The molecule has 0 aliphatic heterocycles. The average Bonchev–Trinajstić information content (AvgIpc) is 3.86. The molecule has 0 radical (unpaired) electrons. The maximum absolute atomic E-state index is 8.18. The van der Waals surface area contributed by atoms with E-state index in [1.165, 1.54) is 54.9 Å². The van der Waals surface area contributed by atoms with Gasteiger partial charge in [-0.1, -0.05) is 133 Å². The van der Waals surface area contributed by atoms with E-state index < -0.39 is 0 Å². The Morgan fingerprint density at radius 3 is 1.79 bits per heavy atom. The summed E-state index contributed by atoms with van der Waals surface area (Å²) in [7, 11) is 0. The van der Waals surface area contributed by atoms with E-state index in [-0.39, 0.29) is 5.92 Å². The lowest BCUT2D eigenvalue weighted by atomic mass is 9.89. The van der Waals surface area contributed by atoms with Gasteiger partial charge < -0.3 is 9.13 Å². The summed E-state index contributed by atoms with van der Waals surface area (Å²) in [5.41, 5.74) is 16.0.